The summed E-state index contributed by atoms with van der Waals surface area (Å²) < 4.78 is 57.1. The Labute approximate surface area is 174 Å². The molecular formula is C21H16F4N4S. The predicted octanol–water partition coefficient (Wildman–Crippen LogP) is 5.61. The summed E-state index contributed by atoms with van der Waals surface area (Å²) >= 11 is 1.42. The van der Waals surface area contributed by atoms with Gasteiger partial charge in [-0.3, -0.25) is 8.96 Å². The Morgan fingerprint density at radius 1 is 1.03 bits per heavy atom. The van der Waals surface area contributed by atoms with Crippen molar-refractivity contribution in [3.63, 3.8) is 0 Å². The minimum absolute atomic E-state index is 0.179. The van der Waals surface area contributed by atoms with Gasteiger partial charge in [-0.25, -0.2) is 17.6 Å². The molecule has 4 aromatic rings. The van der Waals surface area contributed by atoms with Gasteiger partial charge in [0.2, 0.25) is 0 Å². The van der Waals surface area contributed by atoms with Gasteiger partial charge in [0.15, 0.2) is 23.3 Å². The van der Waals surface area contributed by atoms with E-state index in [1.807, 2.05) is 29.3 Å². The van der Waals surface area contributed by atoms with Gasteiger partial charge in [-0.2, -0.15) is 0 Å². The van der Waals surface area contributed by atoms with Crippen molar-refractivity contribution in [2.75, 3.05) is 12.4 Å². The topological polar surface area (TPSA) is 41.9 Å². The SMILES string of the molecule is CNCc1cn(Sc2cccnc2)c2cc(Nc3c(F)c(F)cc(F)c3F)ccc12. The van der Waals surface area contributed by atoms with Crippen LogP contribution in [0.3, 0.4) is 0 Å². The summed E-state index contributed by atoms with van der Waals surface area (Å²) in [6, 6.07) is 8.96. The van der Waals surface area contributed by atoms with Gasteiger partial charge in [-0.05, 0) is 48.8 Å². The van der Waals surface area contributed by atoms with Crippen molar-refractivity contribution in [3.8, 4) is 0 Å². The van der Waals surface area contributed by atoms with E-state index in [0.717, 1.165) is 21.4 Å². The molecule has 9 heteroatoms. The molecule has 0 saturated heterocycles. The molecule has 0 fully saturated rings. The molecule has 0 bridgehead atoms. The summed E-state index contributed by atoms with van der Waals surface area (Å²) in [6.45, 7) is 0.613. The van der Waals surface area contributed by atoms with E-state index < -0.39 is 29.0 Å². The average Bonchev–Trinajstić information content (AvgIpc) is 3.07. The van der Waals surface area contributed by atoms with Gasteiger partial charge >= 0.3 is 0 Å². The van der Waals surface area contributed by atoms with Gasteiger partial charge in [0.25, 0.3) is 0 Å². The van der Waals surface area contributed by atoms with Crippen LogP contribution in [-0.2, 0) is 6.54 Å². The maximum atomic E-state index is 14.0. The first-order chi connectivity index (χ1) is 14.5. The van der Waals surface area contributed by atoms with E-state index in [1.54, 1.807) is 30.6 Å². The minimum Gasteiger partial charge on any atom is -0.350 e. The minimum atomic E-state index is -1.48. The number of nitrogens with zero attached hydrogens (tertiary/aromatic N) is 2. The number of nitrogens with one attached hydrogen (secondary N) is 2. The van der Waals surface area contributed by atoms with E-state index in [0.29, 0.717) is 6.54 Å². The Balaban J connectivity index is 1.77. The molecule has 0 saturated carbocycles. The second-order valence-corrected chi connectivity index (χ2v) is 7.54. The molecule has 154 valence electrons. The van der Waals surface area contributed by atoms with Crippen molar-refractivity contribution in [2.45, 2.75) is 11.4 Å². The van der Waals surface area contributed by atoms with Gasteiger partial charge in [0.05, 0.1) is 5.52 Å². The lowest BCUT2D eigenvalue weighted by atomic mass is 10.1. The summed E-state index contributed by atoms with van der Waals surface area (Å²) in [6.07, 6.45) is 5.34. The lowest BCUT2D eigenvalue weighted by Crippen LogP contribution is -2.04. The second kappa shape index (κ2) is 8.37. The third kappa shape index (κ3) is 3.86. The Bertz CT molecular complexity index is 1180. The molecule has 4 nitrogen and oxygen atoms in total. The fraction of sp³-hybridized carbons (Fsp3) is 0.0952. The average molecular weight is 432 g/mol. The van der Waals surface area contributed by atoms with Crippen LogP contribution < -0.4 is 10.6 Å². The lowest BCUT2D eigenvalue weighted by molar-refractivity contribution is 0.459. The highest BCUT2D eigenvalue weighted by Crippen LogP contribution is 2.33. The van der Waals surface area contributed by atoms with Gasteiger partial charge in [0, 0.05) is 47.2 Å². The van der Waals surface area contributed by atoms with E-state index >= 15 is 0 Å². The summed E-state index contributed by atoms with van der Waals surface area (Å²) in [5.41, 5.74) is 1.19. The van der Waals surface area contributed by atoms with Gasteiger partial charge < -0.3 is 10.6 Å². The molecule has 2 N–H and O–H groups in total. The van der Waals surface area contributed by atoms with Crippen LogP contribution in [0.1, 0.15) is 5.56 Å². The highest BCUT2D eigenvalue weighted by Gasteiger charge is 2.20. The maximum absolute atomic E-state index is 14.0. The Hall–Kier alpha value is -3.04. The van der Waals surface area contributed by atoms with Crippen LogP contribution in [-0.4, -0.2) is 16.0 Å². The van der Waals surface area contributed by atoms with Crippen LogP contribution in [0.2, 0.25) is 0 Å². The fourth-order valence-electron chi connectivity index (χ4n) is 3.09. The van der Waals surface area contributed by atoms with Gasteiger partial charge in [-0.15, -0.1) is 0 Å². The van der Waals surface area contributed by atoms with Crippen molar-refractivity contribution in [2.24, 2.45) is 0 Å². The molecule has 0 atom stereocenters. The summed E-state index contributed by atoms with van der Waals surface area (Å²) in [5, 5.41) is 6.50. The predicted molar refractivity (Wildman–Crippen MR) is 110 cm³/mol. The number of anilines is 2. The Kier molecular flexibility index (Phi) is 5.65. The highest BCUT2D eigenvalue weighted by molar-refractivity contribution is 7.98. The van der Waals surface area contributed by atoms with Crippen molar-refractivity contribution >= 4 is 34.2 Å². The van der Waals surface area contributed by atoms with E-state index in [2.05, 4.69) is 15.6 Å². The number of rotatable bonds is 6. The molecule has 0 aliphatic heterocycles. The van der Waals surface area contributed by atoms with Crippen LogP contribution in [0.15, 0.2) is 59.9 Å². The zero-order valence-corrected chi connectivity index (χ0v) is 16.5. The first-order valence-corrected chi connectivity index (χ1v) is 9.72. The largest absolute Gasteiger partial charge is 0.350 e. The van der Waals surface area contributed by atoms with Crippen molar-refractivity contribution in [1.29, 1.82) is 0 Å². The van der Waals surface area contributed by atoms with E-state index in [9.17, 15) is 17.6 Å². The van der Waals surface area contributed by atoms with Crippen LogP contribution in [0, 0.1) is 23.3 Å². The molecule has 0 spiro atoms. The number of hydrogen-bond acceptors (Lipinski definition) is 4. The molecule has 0 unspecified atom stereocenters. The number of aromatic nitrogens is 2. The third-order valence-corrected chi connectivity index (χ3v) is 5.39. The molecule has 30 heavy (non-hydrogen) atoms. The first-order valence-electron chi connectivity index (χ1n) is 8.95. The smallest absolute Gasteiger partial charge is 0.185 e. The van der Waals surface area contributed by atoms with Crippen molar-refractivity contribution < 1.29 is 17.6 Å². The summed E-state index contributed by atoms with van der Waals surface area (Å²) in [5.74, 6) is -5.90. The Morgan fingerprint density at radius 2 is 1.80 bits per heavy atom. The quantitative estimate of drug-likeness (QED) is 0.307. The lowest BCUT2D eigenvalue weighted by Gasteiger charge is -2.11. The molecule has 2 heterocycles. The first kappa shape index (κ1) is 20.2. The molecule has 0 amide bonds. The van der Waals surface area contributed by atoms with Crippen LogP contribution >= 0.6 is 11.9 Å². The Morgan fingerprint density at radius 3 is 2.47 bits per heavy atom. The monoisotopic (exact) mass is 432 g/mol. The van der Waals surface area contributed by atoms with E-state index in [4.69, 9.17) is 0 Å². The molecule has 0 aliphatic carbocycles. The van der Waals surface area contributed by atoms with E-state index in [1.165, 1.54) is 11.9 Å². The van der Waals surface area contributed by atoms with Crippen molar-refractivity contribution in [1.82, 2.24) is 14.3 Å². The molecule has 2 aromatic carbocycles. The highest BCUT2D eigenvalue weighted by atomic mass is 32.2. The molecule has 2 aromatic heterocycles. The summed E-state index contributed by atoms with van der Waals surface area (Å²) in [4.78, 5) is 5.00. The normalized spacial score (nSPS) is 11.2. The van der Waals surface area contributed by atoms with Crippen LogP contribution in [0.4, 0.5) is 28.9 Å². The molecule has 0 aliphatic rings. The maximum Gasteiger partial charge on any atom is 0.185 e. The van der Waals surface area contributed by atoms with E-state index in [-0.39, 0.29) is 11.8 Å². The second-order valence-electron chi connectivity index (χ2n) is 6.49. The molecule has 4 rings (SSSR count). The third-order valence-electron chi connectivity index (χ3n) is 4.44. The summed E-state index contributed by atoms with van der Waals surface area (Å²) in [7, 11) is 1.83. The molecule has 0 radical (unpaired) electrons. The number of pyridine rings is 1. The number of halogens is 4. The van der Waals surface area contributed by atoms with Crippen LogP contribution in [0.5, 0.6) is 0 Å². The zero-order chi connectivity index (χ0) is 21.3. The van der Waals surface area contributed by atoms with Gasteiger partial charge in [-0.1, -0.05) is 6.07 Å². The van der Waals surface area contributed by atoms with Gasteiger partial charge in [0.1, 0.15) is 5.69 Å². The molecular weight excluding hydrogens is 416 g/mol. The number of benzene rings is 2. The number of hydrogen-bond donors (Lipinski definition) is 2. The standard InChI is InChI=1S/C21H16F4N4S/c1-26-9-12-11-29(30-14-3-2-6-27-10-14)18-7-13(4-5-15(12)18)28-21-19(24)16(22)8-17(23)20(21)25/h2-8,10-11,26,28H,9H2,1H3. The van der Waals surface area contributed by atoms with Crippen LogP contribution in [0.25, 0.3) is 10.9 Å². The fourth-order valence-corrected chi connectivity index (χ4v) is 4.00. The number of fused-ring (bicyclic) bond motifs is 1. The van der Waals surface area contributed by atoms with Crippen molar-refractivity contribution in [3.05, 3.63) is 83.8 Å². The zero-order valence-electron chi connectivity index (χ0n) is 15.7.